The van der Waals surface area contributed by atoms with Gasteiger partial charge in [0.05, 0.1) is 12.2 Å². The van der Waals surface area contributed by atoms with Crippen molar-refractivity contribution in [1.29, 1.82) is 0 Å². The van der Waals surface area contributed by atoms with E-state index in [-0.39, 0.29) is 25.0 Å². The molecule has 1 unspecified atom stereocenters. The molecule has 0 bridgehead atoms. The maximum absolute atomic E-state index is 12.7. The number of hydrogen-bond acceptors (Lipinski definition) is 5. The van der Waals surface area contributed by atoms with Crippen LogP contribution in [0.15, 0.2) is 42.5 Å². The fraction of sp³-hybridized carbons (Fsp3) is 0.524. The number of carbonyl (C=O) groups excluding carboxylic acids is 2. The smallest absolute Gasteiger partial charge is 0.408 e. The van der Waals surface area contributed by atoms with Gasteiger partial charge in [0.15, 0.2) is 0 Å². The topological polar surface area (TPSA) is 96.9 Å². The maximum atomic E-state index is 12.7. The molecule has 0 aromatic heterocycles. The fourth-order valence-corrected chi connectivity index (χ4v) is 2.87. The molecule has 2 rings (SSSR count). The van der Waals surface area contributed by atoms with Crippen LogP contribution in [0.5, 0.6) is 0 Å². The van der Waals surface area contributed by atoms with Crippen LogP contribution in [0, 0.1) is 0 Å². The highest BCUT2D eigenvalue weighted by Crippen LogP contribution is 2.13. The van der Waals surface area contributed by atoms with Crippen molar-refractivity contribution in [3.05, 3.63) is 48.0 Å². The molecule has 0 saturated heterocycles. The number of alkyl carbamates (subject to hydrolysis) is 1. The highest BCUT2D eigenvalue weighted by atomic mass is 16.5. The van der Waals surface area contributed by atoms with Crippen LogP contribution in [0.3, 0.4) is 0 Å². The third-order valence-corrected chi connectivity index (χ3v) is 4.28. The number of aliphatic hydroxyl groups is 1. The first-order chi connectivity index (χ1) is 13.3. The summed E-state index contributed by atoms with van der Waals surface area (Å²) in [6, 6.07) is 8.29. The molecular weight excluding hydrogens is 360 g/mol. The van der Waals surface area contributed by atoms with E-state index >= 15 is 0 Å². The average Bonchev–Trinajstić information content (AvgIpc) is 2.61. The first-order valence-electron chi connectivity index (χ1n) is 9.56. The van der Waals surface area contributed by atoms with E-state index in [1.807, 2.05) is 42.5 Å². The molecule has 1 heterocycles. The van der Waals surface area contributed by atoms with Crippen LogP contribution < -0.4 is 10.6 Å². The molecule has 1 aromatic carbocycles. The van der Waals surface area contributed by atoms with E-state index < -0.39 is 17.7 Å². The molecule has 1 aromatic rings. The van der Waals surface area contributed by atoms with E-state index in [2.05, 4.69) is 10.6 Å². The van der Waals surface area contributed by atoms with Gasteiger partial charge < -0.3 is 25.2 Å². The molecule has 7 heteroatoms. The first kappa shape index (κ1) is 21.9. The second kappa shape index (κ2) is 10.8. The Hall–Kier alpha value is -2.38. The lowest BCUT2D eigenvalue weighted by Gasteiger charge is -2.27. The molecule has 0 fully saturated rings. The van der Waals surface area contributed by atoms with Crippen molar-refractivity contribution < 1.29 is 24.2 Å². The number of hydrogen-bond donors (Lipinski definition) is 3. The van der Waals surface area contributed by atoms with Gasteiger partial charge in [-0.15, -0.1) is 0 Å². The Morgan fingerprint density at radius 3 is 2.75 bits per heavy atom. The molecule has 28 heavy (non-hydrogen) atoms. The molecular formula is C21H30N2O5. The quantitative estimate of drug-likeness (QED) is 0.621. The molecule has 7 nitrogen and oxygen atoms in total. The van der Waals surface area contributed by atoms with Crippen LogP contribution >= 0.6 is 0 Å². The minimum Gasteiger partial charge on any atom is -0.445 e. The van der Waals surface area contributed by atoms with Gasteiger partial charge >= 0.3 is 6.09 Å². The predicted molar refractivity (Wildman–Crippen MR) is 106 cm³/mol. The van der Waals surface area contributed by atoms with E-state index in [1.165, 1.54) is 0 Å². The summed E-state index contributed by atoms with van der Waals surface area (Å²) in [7, 11) is 0. The van der Waals surface area contributed by atoms with Crippen LogP contribution in [-0.4, -0.2) is 48.0 Å². The molecule has 0 spiro atoms. The van der Waals surface area contributed by atoms with Crippen molar-refractivity contribution in [3.63, 3.8) is 0 Å². The predicted octanol–water partition coefficient (Wildman–Crippen LogP) is 2.29. The summed E-state index contributed by atoms with van der Waals surface area (Å²) < 4.78 is 10.6. The Morgan fingerprint density at radius 1 is 1.29 bits per heavy atom. The SMILES string of the molecule is CC(C)(O)C[C@H](NC(=O)OCc1ccccc1)C(=O)NC1CC=CCOCC1. The minimum atomic E-state index is -1.13. The van der Waals surface area contributed by atoms with Crippen molar-refractivity contribution >= 4 is 12.0 Å². The number of ether oxygens (including phenoxy) is 2. The van der Waals surface area contributed by atoms with Crippen molar-refractivity contribution in [3.8, 4) is 0 Å². The molecule has 2 amide bonds. The summed E-state index contributed by atoms with van der Waals surface area (Å²) in [6.45, 7) is 4.43. The second-order valence-electron chi connectivity index (χ2n) is 7.55. The molecule has 1 aliphatic heterocycles. The Labute approximate surface area is 166 Å². The van der Waals surface area contributed by atoms with Gasteiger partial charge in [0.2, 0.25) is 5.91 Å². The standard InChI is InChI=1S/C21H30N2O5/c1-21(2,26)14-18(19(24)22-17-10-6-7-12-27-13-11-17)23-20(25)28-15-16-8-4-3-5-9-16/h3-9,17-18,26H,10-15H2,1-2H3,(H,22,24)(H,23,25)/t17?,18-/m0/s1. The van der Waals surface area contributed by atoms with Crippen LogP contribution in [0.2, 0.25) is 0 Å². The summed E-state index contributed by atoms with van der Waals surface area (Å²) in [5, 5.41) is 15.7. The zero-order chi connectivity index (χ0) is 20.4. The van der Waals surface area contributed by atoms with Gasteiger partial charge in [0.1, 0.15) is 12.6 Å². The Balaban J connectivity index is 1.93. The minimum absolute atomic E-state index is 0.0678. The summed E-state index contributed by atoms with van der Waals surface area (Å²) >= 11 is 0. The zero-order valence-corrected chi connectivity index (χ0v) is 16.5. The number of nitrogens with one attached hydrogen (secondary N) is 2. The summed E-state index contributed by atoms with van der Waals surface area (Å²) in [5.41, 5.74) is -0.277. The van der Waals surface area contributed by atoms with Crippen molar-refractivity contribution in [2.75, 3.05) is 13.2 Å². The lowest BCUT2D eigenvalue weighted by molar-refractivity contribution is -0.125. The molecule has 154 valence electrons. The largest absolute Gasteiger partial charge is 0.445 e. The second-order valence-corrected chi connectivity index (χ2v) is 7.55. The third-order valence-electron chi connectivity index (χ3n) is 4.28. The van der Waals surface area contributed by atoms with Gasteiger partial charge in [-0.05, 0) is 32.3 Å². The number of rotatable bonds is 7. The number of amides is 2. The van der Waals surface area contributed by atoms with Gasteiger partial charge in [-0.3, -0.25) is 4.79 Å². The van der Waals surface area contributed by atoms with Crippen LogP contribution in [0.4, 0.5) is 4.79 Å². The monoisotopic (exact) mass is 390 g/mol. The van der Waals surface area contributed by atoms with E-state index in [4.69, 9.17) is 9.47 Å². The highest BCUT2D eigenvalue weighted by Gasteiger charge is 2.29. The van der Waals surface area contributed by atoms with Crippen molar-refractivity contribution in [2.45, 2.75) is 57.4 Å². The zero-order valence-electron chi connectivity index (χ0n) is 16.5. The van der Waals surface area contributed by atoms with Gasteiger partial charge in [-0.2, -0.15) is 0 Å². The van der Waals surface area contributed by atoms with Gasteiger partial charge in [-0.1, -0.05) is 42.5 Å². The molecule has 3 N–H and O–H groups in total. The summed E-state index contributed by atoms with van der Waals surface area (Å²) in [5.74, 6) is -0.349. The maximum Gasteiger partial charge on any atom is 0.408 e. The van der Waals surface area contributed by atoms with Gasteiger partial charge in [0, 0.05) is 19.1 Å². The molecule has 2 atom stereocenters. The number of benzene rings is 1. The summed E-state index contributed by atoms with van der Waals surface area (Å²) in [6.07, 6.45) is 4.64. The summed E-state index contributed by atoms with van der Waals surface area (Å²) in [4.78, 5) is 24.9. The Bertz CT molecular complexity index is 655. The molecule has 0 aliphatic carbocycles. The van der Waals surface area contributed by atoms with Crippen LogP contribution in [0.25, 0.3) is 0 Å². The normalized spacial score (nSPS) is 18.5. The van der Waals surface area contributed by atoms with Crippen molar-refractivity contribution in [2.24, 2.45) is 0 Å². The van der Waals surface area contributed by atoms with E-state index in [9.17, 15) is 14.7 Å². The Morgan fingerprint density at radius 2 is 2.04 bits per heavy atom. The fourth-order valence-electron chi connectivity index (χ4n) is 2.87. The van der Waals surface area contributed by atoms with Crippen LogP contribution in [-0.2, 0) is 20.9 Å². The van der Waals surface area contributed by atoms with Gasteiger partial charge in [-0.25, -0.2) is 4.79 Å². The molecule has 0 radical (unpaired) electrons. The lowest BCUT2D eigenvalue weighted by atomic mass is 9.98. The third kappa shape index (κ3) is 8.54. The molecule has 1 aliphatic rings. The first-order valence-corrected chi connectivity index (χ1v) is 9.56. The van der Waals surface area contributed by atoms with E-state index in [0.29, 0.717) is 26.1 Å². The average molecular weight is 390 g/mol. The molecule has 0 saturated carbocycles. The van der Waals surface area contributed by atoms with E-state index in [1.54, 1.807) is 13.8 Å². The van der Waals surface area contributed by atoms with Crippen LogP contribution in [0.1, 0.15) is 38.7 Å². The Kier molecular flexibility index (Phi) is 8.47. The van der Waals surface area contributed by atoms with Gasteiger partial charge in [0.25, 0.3) is 0 Å². The highest BCUT2D eigenvalue weighted by molar-refractivity contribution is 5.86. The van der Waals surface area contributed by atoms with Crippen molar-refractivity contribution in [1.82, 2.24) is 10.6 Å². The lowest BCUT2D eigenvalue weighted by Crippen LogP contribution is -2.52. The van der Waals surface area contributed by atoms with E-state index in [0.717, 1.165) is 5.56 Å². The number of carbonyl (C=O) groups is 2.